The largest absolute Gasteiger partial charge is 0.435 e. The molecule has 2 heterocycles. The summed E-state index contributed by atoms with van der Waals surface area (Å²) in [4.78, 5) is 11.0. The predicted molar refractivity (Wildman–Crippen MR) is 46.3 cm³/mol. The molecule has 0 radical (unpaired) electrons. The SMILES string of the molecule is Fc1cncnc1Oc1cccnc1. The number of rotatable bonds is 2. The fourth-order valence-corrected chi connectivity index (χ4v) is 0.896. The van der Waals surface area contributed by atoms with E-state index < -0.39 is 5.82 Å². The van der Waals surface area contributed by atoms with Crippen LogP contribution >= 0.6 is 0 Å². The third-order valence-corrected chi connectivity index (χ3v) is 1.48. The van der Waals surface area contributed by atoms with Crippen LogP contribution in [0.2, 0.25) is 0 Å². The summed E-state index contributed by atoms with van der Waals surface area (Å²) < 4.78 is 18.1. The Bertz CT molecular complexity index is 421. The van der Waals surface area contributed by atoms with E-state index in [4.69, 9.17) is 4.74 Å². The number of halogens is 1. The fourth-order valence-electron chi connectivity index (χ4n) is 0.896. The summed E-state index contributed by atoms with van der Waals surface area (Å²) in [6.45, 7) is 0. The van der Waals surface area contributed by atoms with Crippen molar-refractivity contribution in [2.24, 2.45) is 0 Å². The van der Waals surface area contributed by atoms with E-state index in [9.17, 15) is 4.39 Å². The molecule has 0 saturated heterocycles. The van der Waals surface area contributed by atoms with Gasteiger partial charge in [0, 0.05) is 6.20 Å². The molecule has 0 saturated carbocycles. The smallest absolute Gasteiger partial charge is 0.259 e. The van der Waals surface area contributed by atoms with Crippen LogP contribution in [0.15, 0.2) is 37.1 Å². The van der Waals surface area contributed by atoms with Crippen LogP contribution in [-0.4, -0.2) is 15.0 Å². The highest BCUT2D eigenvalue weighted by molar-refractivity contribution is 5.22. The van der Waals surface area contributed by atoms with Gasteiger partial charge in [0.25, 0.3) is 5.88 Å². The van der Waals surface area contributed by atoms with E-state index in [0.717, 1.165) is 6.20 Å². The molecule has 0 amide bonds. The van der Waals surface area contributed by atoms with Crippen LogP contribution in [0.3, 0.4) is 0 Å². The zero-order valence-corrected chi connectivity index (χ0v) is 7.09. The Kier molecular flexibility index (Phi) is 2.31. The maximum absolute atomic E-state index is 13.0. The van der Waals surface area contributed by atoms with E-state index in [-0.39, 0.29) is 5.88 Å². The number of hydrogen-bond donors (Lipinski definition) is 0. The molecule has 0 spiro atoms. The first kappa shape index (κ1) is 8.55. The average Bonchev–Trinajstić information content (AvgIpc) is 2.23. The second kappa shape index (κ2) is 3.78. The topological polar surface area (TPSA) is 47.9 Å². The lowest BCUT2D eigenvalue weighted by atomic mass is 10.5. The first-order chi connectivity index (χ1) is 6.86. The van der Waals surface area contributed by atoms with Crippen LogP contribution in [0.1, 0.15) is 0 Å². The minimum Gasteiger partial charge on any atom is -0.435 e. The van der Waals surface area contributed by atoms with Gasteiger partial charge < -0.3 is 4.74 Å². The summed E-state index contributed by atoms with van der Waals surface area (Å²) in [6.07, 6.45) is 5.33. The van der Waals surface area contributed by atoms with Crippen LogP contribution in [0.4, 0.5) is 4.39 Å². The number of pyridine rings is 1. The Balaban J connectivity index is 2.24. The molecule has 2 aromatic rings. The van der Waals surface area contributed by atoms with Crippen molar-refractivity contribution >= 4 is 0 Å². The normalized spacial score (nSPS) is 9.79. The van der Waals surface area contributed by atoms with Crippen molar-refractivity contribution in [2.75, 3.05) is 0 Å². The summed E-state index contributed by atoms with van der Waals surface area (Å²) in [5.74, 6) is -0.269. The van der Waals surface area contributed by atoms with Crippen LogP contribution in [0.25, 0.3) is 0 Å². The Morgan fingerprint density at radius 2 is 2.14 bits per heavy atom. The molecule has 0 aromatic carbocycles. The van der Waals surface area contributed by atoms with Gasteiger partial charge in [0.05, 0.1) is 12.4 Å². The maximum Gasteiger partial charge on any atom is 0.259 e. The molecule has 0 fully saturated rings. The van der Waals surface area contributed by atoms with Gasteiger partial charge in [0.2, 0.25) is 5.82 Å². The Labute approximate surface area is 79.4 Å². The molecule has 0 N–H and O–H groups in total. The summed E-state index contributed by atoms with van der Waals surface area (Å²) in [7, 11) is 0. The van der Waals surface area contributed by atoms with E-state index >= 15 is 0 Å². The second-order valence-corrected chi connectivity index (χ2v) is 2.47. The summed E-state index contributed by atoms with van der Waals surface area (Å²) in [5.41, 5.74) is 0. The molecule has 2 aromatic heterocycles. The van der Waals surface area contributed by atoms with Crippen molar-refractivity contribution in [2.45, 2.75) is 0 Å². The minimum absolute atomic E-state index is 0.104. The maximum atomic E-state index is 13.0. The monoisotopic (exact) mass is 191 g/mol. The molecule has 4 nitrogen and oxygen atoms in total. The summed E-state index contributed by atoms with van der Waals surface area (Å²) in [6, 6.07) is 3.35. The van der Waals surface area contributed by atoms with Gasteiger partial charge in [0.15, 0.2) is 0 Å². The highest BCUT2D eigenvalue weighted by atomic mass is 19.1. The van der Waals surface area contributed by atoms with Gasteiger partial charge in [-0.3, -0.25) is 4.98 Å². The van der Waals surface area contributed by atoms with Crippen molar-refractivity contribution in [3.63, 3.8) is 0 Å². The van der Waals surface area contributed by atoms with Crippen LogP contribution in [0.5, 0.6) is 11.6 Å². The van der Waals surface area contributed by atoms with Crippen molar-refractivity contribution in [3.8, 4) is 11.6 Å². The van der Waals surface area contributed by atoms with E-state index in [1.807, 2.05) is 0 Å². The van der Waals surface area contributed by atoms with E-state index in [1.165, 1.54) is 12.5 Å². The van der Waals surface area contributed by atoms with Gasteiger partial charge in [-0.15, -0.1) is 0 Å². The molecule has 70 valence electrons. The average molecular weight is 191 g/mol. The van der Waals surface area contributed by atoms with Crippen molar-refractivity contribution in [3.05, 3.63) is 42.9 Å². The molecule has 0 aliphatic carbocycles. The number of nitrogens with zero attached hydrogens (tertiary/aromatic N) is 3. The molecular formula is C9H6FN3O. The zero-order chi connectivity index (χ0) is 9.80. The van der Waals surface area contributed by atoms with Crippen LogP contribution < -0.4 is 4.74 Å². The van der Waals surface area contributed by atoms with Crippen molar-refractivity contribution in [1.29, 1.82) is 0 Å². The van der Waals surface area contributed by atoms with Gasteiger partial charge in [-0.05, 0) is 12.1 Å². The van der Waals surface area contributed by atoms with Crippen LogP contribution in [0, 0.1) is 5.82 Å². The molecule has 0 aliphatic rings. The molecule has 5 heteroatoms. The van der Waals surface area contributed by atoms with Gasteiger partial charge in [-0.25, -0.2) is 4.98 Å². The highest BCUT2D eigenvalue weighted by Crippen LogP contribution is 2.19. The molecule has 0 aliphatic heterocycles. The number of aromatic nitrogens is 3. The van der Waals surface area contributed by atoms with E-state index in [1.54, 1.807) is 18.3 Å². The summed E-state index contributed by atoms with van der Waals surface area (Å²) >= 11 is 0. The molecule has 14 heavy (non-hydrogen) atoms. The Morgan fingerprint density at radius 3 is 2.86 bits per heavy atom. The number of hydrogen-bond acceptors (Lipinski definition) is 4. The lowest BCUT2D eigenvalue weighted by molar-refractivity contribution is 0.418. The van der Waals surface area contributed by atoms with Crippen molar-refractivity contribution < 1.29 is 9.13 Å². The van der Waals surface area contributed by atoms with Crippen molar-refractivity contribution in [1.82, 2.24) is 15.0 Å². The fraction of sp³-hybridized carbons (Fsp3) is 0. The predicted octanol–water partition coefficient (Wildman–Crippen LogP) is 1.80. The minimum atomic E-state index is -0.601. The number of ether oxygens (including phenoxy) is 1. The summed E-state index contributed by atoms with van der Waals surface area (Å²) in [5, 5.41) is 0. The third-order valence-electron chi connectivity index (χ3n) is 1.48. The third kappa shape index (κ3) is 1.82. The lowest BCUT2D eigenvalue weighted by Crippen LogP contribution is -1.92. The van der Waals surface area contributed by atoms with E-state index in [2.05, 4.69) is 15.0 Å². The van der Waals surface area contributed by atoms with E-state index in [0.29, 0.717) is 5.75 Å². The molecule has 0 atom stereocenters. The molecular weight excluding hydrogens is 185 g/mol. The van der Waals surface area contributed by atoms with Gasteiger partial charge in [0.1, 0.15) is 12.1 Å². The molecule has 0 bridgehead atoms. The van der Waals surface area contributed by atoms with Gasteiger partial charge in [-0.1, -0.05) is 0 Å². The standard InChI is InChI=1S/C9H6FN3O/c10-8-5-12-6-13-9(8)14-7-2-1-3-11-4-7/h1-6H. The van der Waals surface area contributed by atoms with Crippen LogP contribution in [-0.2, 0) is 0 Å². The van der Waals surface area contributed by atoms with Gasteiger partial charge in [-0.2, -0.15) is 9.37 Å². The second-order valence-electron chi connectivity index (χ2n) is 2.47. The Morgan fingerprint density at radius 1 is 1.21 bits per heavy atom. The Hall–Kier alpha value is -2.04. The first-order valence-corrected chi connectivity index (χ1v) is 3.89. The molecule has 2 rings (SSSR count). The quantitative estimate of drug-likeness (QED) is 0.726. The zero-order valence-electron chi connectivity index (χ0n) is 7.09. The highest BCUT2D eigenvalue weighted by Gasteiger charge is 2.04. The van der Waals surface area contributed by atoms with Gasteiger partial charge >= 0.3 is 0 Å². The molecule has 0 unspecified atom stereocenters. The first-order valence-electron chi connectivity index (χ1n) is 3.89. The lowest BCUT2D eigenvalue weighted by Gasteiger charge is -2.02.